The fourth-order valence-electron chi connectivity index (χ4n) is 2.30. The summed E-state index contributed by atoms with van der Waals surface area (Å²) in [5.74, 6) is 0. The minimum atomic E-state index is 0.367. The summed E-state index contributed by atoms with van der Waals surface area (Å²) in [4.78, 5) is 8.38. The molecule has 0 spiro atoms. The SMILES string of the molecule is CC1(C)CC1n1cncc1-c1cnccc1N. The molecule has 17 heavy (non-hydrogen) atoms. The van der Waals surface area contributed by atoms with E-state index in [9.17, 15) is 0 Å². The van der Waals surface area contributed by atoms with Gasteiger partial charge in [0.2, 0.25) is 0 Å². The van der Waals surface area contributed by atoms with E-state index in [0.29, 0.717) is 11.5 Å². The Bertz CT molecular complexity index is 556. The second-order valence-corrected chi connectivity index (χ2v) is 5.36. The summed E-state index contributed by atoms with van der Waals surface area (Å²) >= 11 is 0. The molecule has 4 nitrogen and oxygen atoms in total. The van der Waals surface area contributed by atoms with Crippen LogP contribution in [0.2, 0.25) is 0 Å². The first-order valence-corrected chi connectivity index (χ1v) is 5.81. The van der Waals surface area contributed by atoms with E-state index in [0.717, 1.165) is 16.9 Å². The van der Waals surface area contributed by atoms with E-state index in [1.54, 1.807) is 12.4 Å². The third-order valence-electron chi connectivity index (χ3n) is 3.59. The van der Waals surface area contributed by atoms with Crippen LogP contribution in [0.5, 0.6) is 0 Å². The fourth-order valence-corrected chi connectivity index (χ4v) is 2.30. The maximum absolute atomic E-state index is 5.99. The fraction of sp³-hybridized carbons (Fsp3) is 0.385. The average Bonchev–Trinajstić information content (AvgIpc) is 2.75. The maximum atomic E-state index is 5.99. The van der Waals surface area contributed by atoms with Crippen LogP contribution in [-0.4, -0.2) is 14.5 Å². The molecule has 88 valence electrons. The van der Waals surface area contributed by atoms with Gasteiger partial charge in [0.15, 0.2) is 0 Å². The molecular weight excluding hydrogens is 212 g/mol. The Labute approximate surface area is 101 Å². The van der Waals surface area contributed by atoms with Gasteiger partial charge in [-0.1, -0.05) is 13.8 Å². The van der Waals surface area contributed by atoms with E-state index in [1.807, 2.05) is 18.6 Å². The van der Waals surface area contributed by atoms with Crippen molar-refractivity contribution in [1.29, 1.82) is 0 Å². The lowest BCUT2D eigenvalue weighted by atomic mass is 10.1. The largest absolute Gasteiger partial charge is 0.398 e. The van der Waals surface area contributed by atoms with Gasteiger partial charge in [-0.2, -0.15) is 0 Å². The molecule has 2 N–H and O–H groups in total. The molecule has 4 heteroatoms. The quantitative estimate of drug-likeness (QED) is 0.859. The Balaban J connectivity index is 2.06. The summed E-state index contributed by atoms with van der Waals surface area (Å²) in [6.07, 6.45) is 8.46. The third kappa shape index (κ3) is 1.60. The van der Waals surface area contributed by atoms with Crippen molar-refractivity contribution in [2.75, 3.05) is 5.73 Å². The van der Waals surface area contributed by atoms with Gasteiger partial charge in [0.1, 0.15) is 0 Å². The highest BCUT2D eigenvalue weighted by molar-refractivity contribution is 5.72. The molecule has 0 saturated heterocycles. The zero-order chi connectivity index (χ0) is 12.0. The van der Waals surface area contributed by atoms with Crippen molar-refractivity contribution in [2.24, 2.45) is 5.41 Å². The van der Waals surface area contributed by atoms with E-state index in [2.05, 4.69) is 28.4 Å². The van der Waals surface area contributed by atoms with Gasteiger partial charge < -0.3 is 10.3 Å². The van der Waals surface area contributed by atoms with Crippen molar-refractivity contribution in [2.45, 2.75) is 26.3 Å². The normalized spacial score (nSPS) is 21.4. The predicted octanol–water partition coefficient (Wildman–Crippen LogP) is 2.50. The van der Waals surface area contributed by atoms with Crippen LogP contribution in [0, 0.1) is 5.41 Å². The molecule has 1 saturated carbocycles. The molecule has 0 radical (unpaired) electrons. The first kappa shape index (κ1) is 10.3. The summed E-state index contributed by atoms with van der Waals surface area (Å²) in [7, 11) is 0. The maximum Gasteiger partial charge on any atom is 0.0953 e. The van der Waals surface area contributed by atoms with Crippen LogP contribution in [0.4, 0.5) is 5.69 Å². The molecule has 0 bridgehead atoms. The van der Waals surface area contributed by atoms with E-state index >= 15 is 0 Å². The van der Waals surface area contributed by atoms with Crippen molar-refractivity contribution < 1.29 is 0 Å². The van der Waals surface area contributed by atoms with E-state index < -0.39 is 0 Å². The van der Waals surface area contributed by atoms with Crippen molar-refractivity contribution in [1.82, 2.24) is 14.5 Å². The van der Waals surface area contributed by atoms with Crippen molar-refractivity contribution in [3.63, 3.8) is 0 Å². The number of anilines is 1. The average molecular weight is 228 g/mol. The van der Waals surface area contributed by atoms with Gasteiger partial charge in [-0.25, -0.2) is 4.98 Å². The molecule has 0 amide bonds. The van der Waals surface area contributed by atoms with Crippen molar-refractivity contribution >= 4 is 5.69 Å². The van der Waals surface area contributed by atoms with Gasteiger partial charge in [-0.15, -0.1) is 0 Å². The van der Waals surface area contributed by atoms with E-state index in [1.165, 1.54) is 6.42 Å². The monoisotopic (exact) mass is 228 g/mol. The Kier molecular flexibility index (Phi) is 2.02. The number of nitrogens with two attached hydrogens (primary N) is 1. The minimum Gasteiger partial charge on any atom is -0.398 e. The Hall–Kier alpha value is -1.84. The summed E-state index contributed by atoms with van der Waals surface area (Å²) in [5.41, 5.74) is 9.13. The number of imidazole rings is 1. The molecule has 0 aromatic carbocycles. The van der Waals surface area contributed by atoms with Crippen LogP contribution in [-0.2, 0) is 0 Å². The summed E-state index contributed by atoms with van der Waals surface area (Å²) in [5, 5.41) is 0. The Morgan fingerprint density at radius 1 is 1.35 bits per heavy atom. The lowest BCUT2D eigenvalue weighted by Crippen LogP contribution is -2.02. The highest BCUT2D eigenvalue weighted by atomic mass is 15.1. The van der Waals surface area contributed by atoms with Gasteiger partial charge in [-0.05, 0) is 17.9 Å². The van der Waals surface area contributed by atoms with E-state index in [-0.39, 0.29) is 0 Å². The van der Waals surface area contributed by atoms with Crippen LogP contribution < -0.4 is 5.73 Å². The van der Waals surface area contributed by atoms with Crippen LogP contribution in [0.1, 0.15) is 26.3 Å². The molecule has 1 aliphatic rings. The van der Waals surface area contributed by atoms with Crippen LogP contribution in [0.3, 0.4) is 0 Å². The zero-order valence-electron chi connectivity index (χ0n) is 10.1. The van der Waals surface area contributed by atoms with Gasteiger partial charge >= 0.3 is 0 Å². The lowest BCUT2D eigenvalue weighted by molar-refractivity contribution is 0.543. The highest BCUT2D eigenvalue weighted by Gasteiger charge is 2.47. The Morgan fingerprint density at radius 3 is 2.76 bits per heavy atom. The van der Waals surface area contributed by atoms with Gasteiger partial charge in [0.25, 0.3) is 0 Å². The lowest BCUT2D eigenvalue weighted by Gasteiger charge is -2.11. The number of hydrogen-bond acceptors (Lipinski definition) is 3. The molecule has 1 unspecified atom stereocenters. The molecule has 0 aliphatic heterocycles. The molecular formula is C13H16N4. The number of nitrogens with zero attached hydrogens (tertiary/aromatic N) is 3. The molecule has 1 fully saturated rings. The Morgan fingerprint density at radius 2 is 2.12 bits per heavy atom. The molecule has 2 heterocycles. The van der Waals surface area contributed by atoms with E-state index in [4.69, 9.17) is 5.73 Å². The smallest absolute Gasteiger partial charge is 0.0953 e. The second kappa shape index (κ2) is 3.32. The predicted molar refractivity (Wildman–Crippen MR) is 67.3 cm³/mol. The summed E-state index contributed by atoms with van der Waals surface area (Å²) in [6, 6.07) is 2.35. The number of hydrogen-bond donors (Lipinski definition) is 1. The first-order chi connectivity index (χ1) is 8.09. The van der Waals surface area contributed by atoms with Gasteiger partial charge in [0.05, 0.1) is 18.2 Å². The number of pyridine rings is 1. The topological polar surface area (TPSA) is 56.7 Å². The van der Waals surface area contributed by atoms with Crippen LogP contribution >= 0.6 is 0 Å². The minimum absolute atomic E-state index is 0.367. The van der Waals surface area contributed by atoms with Gasteiger partial charge in [0, 0.05) is 29.7 Å². The van der Waals surface area contributed by atoms with Crippen LogP contribution in [0.25, 0.3) is 11.3 Å². The van der Waals surface area contributed by atoms with Crippen LogP contribution in [0.15, 0.2) is 31.0 Å². The number of nitrogen functional groups attached to an aromatic ring is 1. The summed E-state index contributed by atoms with van der Waals surface area (Å²) in [6.45, 7) is 4.54. The molecule has 1 aliphatic carbocycles. The highest BCUT2D eigenvalue weighted by Crippen LogP contribution is 2.56. The zero-order valence-corrected chi connectivity index (χ0v) is 10.1. The third-order valence-corrected chi connectivity index (χ3v) is 3.59. The van der Waals surface area contributed by atoms with Crippen molar-refractivity contribution in [3.05, 3.63) is 31.0 Å². The number of rotatable bonds is 2. The second-order valence-electron chi connectivity index (χ2n) is 5.36. The first-order valence-electron chi connectivity index (χ1n) is 5.81. The molecule has 3 rings (SSSR count). The summed E-state index contributed by atoms with van der Waals surface area (Å²) < 4.78 is 2.22. The molecule has 1 atom stereocenters. The standard InChI is InChI=1S/C13H16N4/c1-13(2)5-12(13)17-8-16-7-11(17)9-6-15-4-3-10(9)14/h3-4,6-8,12H,5H2,1-2H3,(H2,14,15). The molecule has 2 aromatic heterocycles. The molecule has 2 aromatic rings. The van der Waals surface area contributed by atoms with Crippen molar-refractivity contribution in [3.8, 4) is 11.3 Å². The number of aromatic nitrogens is 3. The van der Waals surface area contributed by atoms with Gasteiger partial charge in [-0.3, -0.25) is 4.98 Å².